The van der Waals surface area contributed by atoms with Crippen molar-refractivity contribution in [2.24, 2.45) is 11.3 Å². The van der Waals surface area contributed by atoms with Crippen molar-refractivity contribution in [2.75, 3.05) is 11.8 Å². The Morgan fingerprint density at radius 3 is 2.47 bits per heavy atom. The Kier molecular flexibility index (Phi) is 5.13. The lowest BCUT2D eigenvalue weighted by Gasteiger charge is -2.35. The van der Waals surface area contributed by atoms with Gasteiger partial charge in [0, 0.05) is 29.6 Å². The van der Waals surface area contributed by atoms with Crippen LogP contribution in [0.1, 0.15) is 51.4 Å². The number of alkyl halides is 2. The van der Waals surface area contributed by atoms with Gasteiger partial charge in [-0.25, -0.2) is 9.67 Å². The smallest absolute Gasteiger partial charge is 0.138 e. The van der Waals surface area contributed by atoms with Crippen molar-refractivity contribution in [3.05, 3.63) is 12.2 Å². The first-order valence-electron chi connectivity index (χ1n) is 7.13. The largest absolute Gasteiger partial charge is 0.248 e. The Morgan fingerprint density at radius 2 is 1.95 bits per heavy atom. The van der Waals surface area contributed by atoms with Crippen LogP contribution in [-0.4, -0.2) is 26.5 Å². The Balaban J connectivity index is 2.22. The summed E-state index contributed by atoms with van der Waals surface area (Å²) in [6, 6.07) is 0.324. The molecular weight excluding hydrogens is 281 g/mol. The minimum absolute atomic E-state index is 0.0285. The molecule has 1 heterocycles. The van der Waals surface area contributed by atoms with E-state index in [0.717, 1.165) is 12.2 Å². The van der Waals surface area contributed by atoms with Crippen molar-refractivity contribution in [1.82, 2.24) is 14.8 Å². The zero-order valence-corrected chi connectivity index (χ0v) is 13.3. The molecule has 1 aliphatic carbocycles. The van der Waals surface area contributed by atoms with Gasteiger partial charge < -0.3 is 0 Å². The molecule has 0 bridgehead atoms. The summed E-state index contributed by atoms with van der Waals surface area (Å²) < 4.78 is 1.99. The van der Waals surface area contributed by atoms with E-state index in [1.54, 1.807) is 6.33 Å². The van der Waals surface area contributed by atoms with Crippen LogP contribution in [0.3, 0.4) is 0 Å². The second-order valence-electron chi connectivity index (χ2n) is 6.00. The molecule has 1 fully saturated rings. The maximum absolute atomic E-state index is 6.31. The lowest BCUT2D eigenvalue weighted by Crippen LogP contribution is -2.36. The summed E-state index contributed by atoms with van der Waals surface area (Å²) >= 11 is 12.6. The van der Waals surface area contributed by atoms with Gasteiger partial charge in [-0.1, -0.05) is 12.8 Å². The van der Waals surface area contributed by atoms with E-state index in [0.29, 0.717) is 23.7 Å². The third kappa shape index (κ3) is 3.08. The highest BCUT2D eigenvalue weighted by Gasteiger charge is 2.40. The molecule has 108 valence electrons. The van der Waals surface area contributed by atoms with E-state index < -0.39 is 0 Å². The topological polar surface area (TPSA) is 30.7 Å². The number of rotatable bonds is 6. The lowest BCUT2D eigenvalue weighted by atomic mass is 9.74. The monoisotopic (exact) mass is 303 g/mol. The van der Waals surface area contributed by atoms with Crippen LogP contribution >= 0.6 is 23.2 Å². The van der Waals surface area contributed by atoms with Crippen molar-refractivity contribution in [2.45, 2.75) is 52.0 Å². The number of aromatic nitrogens is 3. The summed E-state index contributed by atoms with van der Waals surface area (Å²) in [5, 5.41) is 4.31. The van der Waals surface area contributed by atoms with E-state index in [1.165, 1.54) is 25.7 Å². The minimum atomic E-state index is -0.0285. The van der Waals surface area contributed by atoms with Gasteiger partial charge in [0.05, 0.1) is 0 Å². The predicted molar refractivity (Wildman–Crippen MR) is 79.9 cm³/mol. The standard InChI is InChI=1S/C14H23Cl2N3/c1-11(2)19-13(17-10-18-19)7-14(8-15,9-16)12-5-3-4-6-12/h10-12H,3-9H2,1-2H3. The maximum Gasteiger partial charge on any atom is 0.138 e. The molecule has 0 aromatic carbocycles. The summed E-state index contributed by atoms with van der Waals surface area (Å²) in [4.78, 5) is 4.42. The molecule has 0 atom stereocenters. The fourth-order valence-corrected chi connectivity index (χ4v) is 4.09. The van der Waals surface area contributed by atoms with Crippen LogP contribution < -0.4 is 0 Å². The average Bonchev–Trinajstić information content (AvgIpc) is 3.07. The SMILES string of the molecule is CC(C)n1ncnc1CC(CCl)(CCl)C1CCCC1. The van der Waals surface area contributed by atoms with E-state index in [-0.39, 0.29) is 5.41 Å². The Bertz CT molecular complexity index is 393. The quantitative estimate of drug-likeness (QED) is 0.742. The highest BCUT2D eigenvalue weighted by Crippen LogP contribution is 2.44. The summed E-state index contributed by atoms with van der Waals surface area (Å²) in [6.07, 6.45) is 7.57. The van der Waals surface area contributed by atoms with Gasteiger partial charge in [-0.2, -0.15) is 5.10 Å². The van der Waals surface area contributed by atoms with Gasteiger partial charge in [-0.05, 0) is 32.6 Å². The molecule has 0 N–H and O–H groups in total. The summed E-state index contributed by atoms with van der Waals surface area (Å²) in [7, 11) is 0. The second-order valence-corrected chi connectivity index (χ2v) is 6.54. The molecule has 0 aliphatic heterocycles. The normalized spacial score (nSPS) is 17.5. The van der Waals surface area contributed by atoms with Gasteiger partial charge >= 0.3 is 0 Å². The van der Waals surface area contributed by atoms with Gasteiger partial charge in [-0.3, -0.25) is 0 Å². The zero-order valence-electron chi connectivity index (χ0n) is 11.8. The summed E-state index contributed by atoms with van der Waals surface area (Å²) in [6.45, 7) is 4.24. The molecule has 0 unspecified atom stereocenters. The van der Waals surface area contributed by atoms with Gasteiger partial charge in [-0.15, -0.1) is 23.2 Å². The molecule has 1 aromatic rings. The number of nitrogens with zero attached hydrogens (tertiary/aromatic N) is 3. The first-order valence-corrected chi connectivity index (χ1v) is 8.20. The third-order valence-electron chi connectivity index (χ3n) is 4.40. The van der Waals surface area contributed by atoms with Crippen molar-refractivity contribution in [1.29, 1.82) is 0 Å². The molecule has 3 nitrogen and oxygen atoms in total. The summed E-state index contributed by atoms with van der Waals surface area (Å²) in [5.74, 6) is 2.85. The van der Waals surface area contributed by atoms with E-state index in [2.05, 4.69) is 23.9 Å². The average molecular weight is 304 g/mol. The highest BCUT2D eigenvalue weighted by molar-refractivity contribution is 6.21. The minimum Gasteiger partial charge on any atom is -0.248 e. The lowest BCUT2D eigenvalue weighted by molar-refractivity contribution is 0.216. The van der Waals surface area contributed by atoms with Crippen LogP contribution in [0.25, 0.3) is 0 Å². The molecule has 1 saturated carbocycles. The number of hydrogen-bond donors (Lipinski definition) is 0. The van der Waals surface area contributed by atoms with Crippen LogP contribution in [0, 0.1) is 11.3 Å². The van der Waals surface area contributed by atoms with Gasteiger partial charge in [0.15, 0.2) is 0 Å². The third-order valence-corrected chi connectivity index (χ3v) is 5.46. The molecule has 1 aromatic heterocycles. The second kappa shape index (κ2) is 6.45. The molecule has 0 spiro atoms. The van der Waals surface area contributed by atoms with E-state index in [1.807, 2.05) is 4.68 Å². The summed E-state index contributed by atoms with van der Waals surface area (Å²) in [5.41, 5.74) is -0.0285. The van der Waals surface area contributed by atoms with Crippen molar-refractivity contribution in [3.8, 4) is 0 Å². The molecule has 5 heteroatoms. The molecular formula is C14H23Cl2N3. The van der Waals surface area contributed by atoms with E-state index >= 15 is 0 Å². The predicted octanol–water partition coefficient (Wildman–Crippen LogP) is 4.06. The van der Waals surface area contributed by atoms with Gasteiger partial charge in [0.1, 0.15) is 12.2 Å². The van der Waals surface area contributed by atoms with Gasteiger partial charge in [0.25, 0.3) is 0 Å². The molecule has 0 radical (unpaired) electrons. The maximum atomic E-state index is 6.31. The van der Waals surface area contributed by atoms with Crippen LogP contribution in [0.5, 0.6) is 0 Å². The fourth-order valence-electron chi connectivity index (χ4n) is 3.18. The van der Waals surface area contributed by atoms with Crippen LogP contribution in [0.2, 0.25) is 0 Å². The molecule has 19 heavy (non-hydrogen) atoms. The van der Waals surface area contributed by atoms with Gasteiger partial charge in [0.2, 0.25) is 0 Å². The van der Waals surface area contributed by atoms with Crippen LogP contribution in [0.4, 0.5) is 0 Å². The van der Waals surface area contributed by atoms with E-state index in [9.17, 15) is 0 Å². The highest BCUT2D eigenvalue weighted by atomic mass is 35.5. The fraction of sp³-hybridized carbons (Fsp3) is 0.857. The van der Waals surface area contributed by atoms with Crippen molar-refractivity contribution < 1.29 is 0 Å². The number of hydrogen-bond acceptors (Lipinski definition) is 2. The molecule has 0 saturated heterocycles. The first kappa shape index (κ1) is 15.1. The zero-order chi connectivity index (χ0) is 13.9. The molecule has 0 amide bonds. The van der Waals surface area contributed by atoms with Crippen molar-refractivity contribution >= 4 is 23.2 Å². The Labute approximate surface area is 125 Å². The molecule has 2 rings (SSSR count). The molecule has 1 aliphatic rings. The van der Waals surface area contributed by atoms with E-state index in [4.69, 9.17) is 23.2 Å². The Morgan fingerprint density at radius 1 is 1.32 bits per heavy atom. The number of halogens is 2. The first-order chi connectivity index (χ1) is 9.13. The van der Waals surface area contributed by atoms with Crippen molar-refractivity contribution in [3.63, 3.8) is 0 Å². The Hall–Kier alpha value is -0.280. The van der Waals surface area contributed by atoms with Crippen LogP contribution in [0.15, 0.2) is 6.33 Å². The van der Waals surface area contributed by atoms with Crippen LogP contribution in [-0.2, 0) is 6.42 Å².